The van der Waals surface area contributed by atoms with Crippen LogP contribution in [0, 0.1) is 6.92 Å². The van der Waals surface area contributed by atoms with Gasteiger partial charge in [0.25, 0.3) is 0 Å². The Labute approximate surface area is 99.1 Å². The highest BCUT2D eigenvalue weighted by Gasteiger charge is 2.19. The summed E-state index contributed by atoms with van der Waals surface area (Å²) in [6.45, 7) is 3.91. The number of hydrogen-bond donors (Lipinski definition) is 1. The van der Waals surface area contributed by atoms with Crippen LogP contribution >= 0.6 is 0 Å². The molecule has 0 spiro atoms. The molecule has 1 N–H and O–H groups in total. The van der Waals surface area contributed by atoms with Gasteiger partial charge in [0.1, 0.15) is 5.56 Å². The number of carboxylic acid groups (broad SMARTS) is 1. The fraction of sp³-hybridized carbons (Fsp3) is 0.417. The molecule has 5 nitrogen and oxygen atoms in total. The normalized spacial score (nSPS) is 10.9. The molecular formula is C12H15N3O2. The summed E-state index contributed by atoms with van der Waals surface area (Å²) in [7, 11) is 0. The summed E-state index contributed by atoms with van der Waals surface area (Å²) in [5, 5.41) is 13.5. The molecular weight excluding hydrogens is 218 g/mol. The van der Waals surface area contributed by atoms with Crippen molar-refractivity contribution in [1.29, 1.82) is 0 Å². The van der Waals surface area contributed by atoms with Gasteiger partial charge in [0.15, 0.2) is 5.65 Å². The third-order valence-electron chi connectivity index (χ3n) is 2.68. The Morgan fingerprint density at radius 1 is 1.53 bits per heavy atom. The Balaban J connectivity index is 2.58. The van der Waals surface area contributed by atoms with Crippen molar-refractivity contribution in [3.05, 3.63) is 29.2 Å². The van der Waals surface area contributed by atoms with Crippen LogP contribution in [0.15, 0.2) is 12.3 Å². The minimum absolute atomic E-state index is 0.238. The van der Waals surface area contributed by atoms with Crippen LogP contribution in [-0.4, -0.2) is 25.7 Å². The number of aromatic carboxylic acids is 1. The summed E-state index contributed by atoms with van der Waals surface area (Å²) in [5.74, 6) is -0.954. The largest absolute Gasteiger partial charge is 0.477 e. The van der Waals surface area contributed by atoms with E-state index in [4.69, 9.17) is 0 Å². The fourth-order valence-corrected chi connectivity index (χ4v) is 1.80. The summed E-state index contributed by atoms with van der Waals surface area (Å²) >= 11 is 0. The highest BCUT2D eigenvalue weighted by Crippen LogP contribution is 2.16. The molecule has 0 unspecified atom stereocenters. The van der Waals surface area contributed by atoms with Gasteiger partial charge >= 0.3 is 5.97 Å². The van der Waals surface area contributed by atoms with Gasteiger partial charge in [0, 0.05) is 11.9 Å². The quantitative estimate of drug-likeness (QED) is 0.877. The van der Waals surface area contributed by atoms with E-state index in [1.165, 1.54) is 0 Å². The second-order valence-corrected chi connectivity index (χ2v) is 4.07. The molecule has 0 aliphatic heterocycles. The number of hydrogen-bond acceptors (Lipinski definition) is 3. The summed E-state index contributed by atoms with van der Waals surface area (Å²) in [4.78, 5) is 15.5. The van der Waals surface area contributed by atoms with Gasteiger partial charge in [-0.2, -0.15) is 5.10 Å². The van der Waals surface area contributed by atoms with E-state index in [-0.39, 0.29) is 5.56 Å². The molecule has 0 aliphatic carbocycles. The van der Waals surface area contributed by atoms with E-state index in [0.717, 1.165) is 18.5 Å². The number of nitrogens with zero attached hydrogens (tertiary/aromatic N) is 3. The lowest BCUT2D eigenvalue weighted by molar-refractivity contribution is 0.0697. The summed E-state index contributed by atoms with van der Waals surface area (Å²) in [6, 6.07) is 1.81. The van der Waals surface area contributed by atoms with E-state index in [0.29, 0.717) is 17.8 Å². The van der Waals surface area contributed by atoms with Gasteiger partial charge in [0.2, 0.25) is 0 Å². The SMILES string of the molecule is CCCCc1nn2ccc(C)nc2c1C(=O)O. The standard InChI is InChI=1S/C12H15N3O2/c1-3-4-5-9-10(12(16)17)11-13-8(2)6-7-15(11)14-9/h6-7H,3-5H2,1-2H3,(H,16,17). The molecule has 2 rings (SSSR count). The van der Waals surface area contributed by atoms with Crippen LogP contribution in [0.5, 0.6) is 0 Å². The average molecular weight is 233 g/mol. The molecule has 0 aliphatic rings. The third kappa shape index (κ3) is 2.13. The Bertz CT molecular complexity index is 560. The van der Waals surface area contributed by atoms with Gasteiger partial charge in [-0.25, -0.2) is 14.3 Å². The van der Waals surface area contributed by atoms with Crippen LogP contribution in [0.2, 0.25) is 0 Å². The smallest absolute Gasteiger partial charge is 0.341 e. The first-order valence-corrected chi connectivity index (χ1v) is 5.71. The zero-order chi connectivity index (χ0) is 12.4. The van der Waals surface area contributed by atoms with Gasteiger partial charge in [-0.3, -0.25) is 0 Å². The molecule has 0 aromatic carbocycles. The second-order valence-electron chi connectivity index (χ2n) is 4.07. The summed E-state index contributed by atoms with van der Waals surface area (Å²) in [5.41, 5.74) is 2.09. The fourth-order valence-electron chi connectivity index (χ4n) is 1.80. The van der Waals surface area contributed by atoms with Crippen LogP contribution in [0.4, 0.5) is 0 Å². The van der Waals surface area contributed by atoms with Crippen LogP contribution in [0.25, 0.3) is 5.65 Å². The van der Waals surface area contributed by atoms with Crippen molar-refractivity contribution in [2.24, 2.45) is 0 Å². The average Bonchev–Trinajstić information content (AvgIpc) is 2.63. The van der Waals surface area contributed by atoms with Gasteiger partial charge in [0.05, 0.1) is 5.69 Å². The zero-order valence-corrected chi connectivity index (χ0v) is 9.97. The number of carbonyl (C=O) groups is 1. The summed E-state index contributed by atoms with van der Waals surface area (Å²) < 4.78 is 1.54. The topological polar surface area (TPSA) is 67.5 Å². The minimum atomic E-state index is -0.954. The molecule has 17 heavy (non-hydrogen) atoms. The maximum absolute atomic E-state index is 11.3. The Hall–Kier alpha value is -1.91. The Morgan fingerprint density at radius 3 is 2.94 bits per heavy atom. The number of carboxylic acids is 1. The Morgan fingerprint density at radius 2 is 2.29 bits per heavy atom. The van der Waals surface area contributed by atoms with Crippen molar-refractivity contribution in [3.63, 3.8) is 0 Å². The van der Waals surface area contributed by atoms with Crippen molar-refractivity contribution in [1.82, 2.24) is 14.6 Å². The van der Waals surface area contributed by atoms with E-state index in [2.05, 4.69) is 17.0 Å². The van der Waals surface area contributed by atoms with Gasteiger partial charge < -0.3 is 5.11 Å². The van der Waals surface area contributed by atoms with E-state index < -0.39 is 5.97 Å². The molecule has 0 bridgehead atoms. The molecule has 0 fully saturated rings. The highest BCUT2D eigenvalue weighted by atomic mass is 16.4. The monoisotopic (exact) mass is 233 g/mol. The van der Waals surface area contributed by atoms with E-state index >= 15 is 0 Å². The van der Waals surface area contributed by atoms with Crippen molar-refractivity contribution < 1.29 is 9.90 Å². The number of aromatic nitrogens is 3. The Kier molecular flexibility index (Phi) is 3.08. The number of unbranched alkanes of at least 4 members (excludes halogenated alkanes) is 1. The molecule has 0 saturated carbocycles. The van der Waals surface area contributed by atoms with Crippen LogP contribution in [0.3, 0.4) is 0 Å². The maximum atomic E-state index is 11.3. The minimum Gasteiger partial charge on any atom is -0.477 e. The molecule has 2 aromatic rings. The van der Waals surface area contributed by atoms with Gasteiger partial charge in [-0.05, 0) is 25.8 Å². The zero-order valence-electron chi connectivity index (χ0n) is 9.97. The lowest BCUT2D eigenvalue weighted by Gasteiger charge is -1.96. The van der Waals surface area contributed by atoms with Crippen LogP contribution in [0.1, 0.15) is 41.5 Å². The summed E-state index contributed by atoms with van der Waals surface area (Å²) in [6.07, 6.45) is 4.38. The number of fused-ring (bicyclic) bond motifs is 1. The van der Waals surface area contributed by atoms with E-state index in [9.17, 15) is 9.90 Å². The van der Waals surface area contributed by atoms with Crippen LogP contribution in [-0.2, 0) is 6.42 Å². The van der Waals surface area contributed by atoms with E-state index in [1.54, 1.807) is 10.7 Å². The lowest BCUT2D eigenvalue weighted by Crippen LogP contribution is -2.01. The lowest BCUT2D eigenvalue weighted by atomic mass is 10.1. The molecule has 90 valence electrons. The molecule has 0 atom stereocenters. The maximum Gasteiger partial charge on any atom is 0.341 e. The molecule has 2 heterocycles. The van der Waals surface area contributed by atoms with Crippen molar-refractivity contribution in [2.45, 2.75) is 33.1 Å². The molecule has 0 radical (unpaired) electrons. The molecule has 2 aromatic heterocycles. The van der Waals surface area contributed by atoms with Crippen LogP contribution < -0.4 is 0 Å². The number of aryl methyl sites for hydroxylation is 2. The first kappa shape index (κ1) is 11.6. The third-order valence-corrected chi connectivity index (χ3v) is 2.68. The molecule has 0 saturated heterocycles. The van der Waals surface area contributed by atoms with Gasteiger partial charge in [-0.1, -0.05) is 13.3 Å². The second kappa shape index (κ2) is 4.53. The number of rotatable bonds is 4. The highest BCUT2D eigenvalue weighted by molar-refractivity contribution is 5.95. The van der Waals surface area contributed by atoms with Gasteiger partial charge in [-0.15, -0.1) is 0 Å². The van der Waals surface area contributed by atoms with Crippen molar-refractivity contribution in [3.8, 4) is 0 Å². The predicted molar refractivity (Wildman–Crippen MR) is 63.3 cm³/mol. The van der Waals surface area contributed by atoms with E-state index in [1.807, 2.05) is 13.0 Å². The van der Waals surface area contributed by atoms with Crippen molar-refractivity contribution in [2.75, 3.05) is 0 Å². The first-order chi connectivity index (χ1) is 8.13. The molecule has 5 heteroatoms. The van der Waals surface area contributed by atoms with Crippen molar-refractivity contribution >= 4 is 11.6 Å². The molecule has 0 amide bonds. The first-order valence-electron chi connectivity index (χ1n) is 5.71. The predicted octanol–water partition coefficient (Wildman–Crippen LogP) is 2.08.